The summed E-state index contributed by atoms with van der Waals surface area (Å²) in [5.74, 6) is 1.50. The molecular formula is C14H17ClN2O4S. The van der Waals surface area contributed by atoms with E-state index in [-0.39, 0.29) is 17.6 Å². The first-order valence-corrected chi connectivity index (χ1v) is 8.04. The smallest absolute Gasteiger partial charge is 0.281 e. The van der Waals surface area contributed by atoms with Gasteiger partial charge in [-0.3, -0.25) is 9.59 Å². The second-order valence-corrected chi connectivity index (χ2v) is 6.04. The summed E-state index contributed by atoms with van der Waals surface area (Å²) in [6, 6.07) is 3.19. The number of carbonyl (C=O) groups is 2. The molecule has 0 radical (unpaired) electrons. The van der Waals surface area contributed by atoms with Gasteiger partial charge < -0.3 is 19.7 Å². The van der Waals surface area contributed by atoms with Gasteiger partial charge in [0.1, 0.15) is 11.5 Å². The SMILES string of the molecule is COc1cc(OC)c(NC(=O)CCN2CCSC2=O)cc1Cl. The number of ether oxygens (including phenoxy) is 2. The predicted octanol–water partition coefficient (Wildman–Crippen LogP) is 2.85. The van der Waals surface area contributed by atoms with E-state index in [9.17, 15) is 9.59 Å². The Morgan fingerprint density at radius 1 is 1.36 bits per heavy atom. The van der Waals surface area contributed by atoms with Crippen molar-refractivity contribution in [2.45, 2.75) is 6.42 Å². The summed E-state index contributed by atoms with van der Waals surface area (Å²) in [7, 11) is 3.00. The second-order valence-electron chi connectivity index (χ2n) is 4.59. The molecule has 0 bridgehead atoms. The summed E-state index contributed by atoms with van der Waals surface area (Å²) in [5.41, 5.74) is 0.473. The molecule has 1 saturated heterocycles. The van der Waals surface area contributed by atoms with Gasteiger partial charge in [0.25, 0.3) is 5.24 Å². The predicted molar refractivity (Wildman–Crippen MR) is 87.2 cm³/mol. The highest BCUT2D eigenvalue weighted by Gasteiger charge is 2.21. The molecule has 1 fully saturated rings. The molecule has 0 aliphatic carbocycles. The third-order valence-corrected chi connectivity index (χ3v) is 4.39. The molecule has 0 spiro atoms. The Kier molecular flexibility index (Phi) is 5.79. The molecule has 120 valence electrons. The quantitative estimate of drug-likeness (QED) is 0.859. The third kappa shape index (κ3) is 3.98. The Morgan fingerprint density at radius 3 is 2.68 bits per heavy atom. The fourth-order valence-electron chi connectivity index (χ4n) is 2.04. The molecule has 2 rings (SSSR count). The zero-order valence-corrected chi connectivity index (χ0v) is 13.9. The number of hydrogen-bond donors (Lipinski definition) is 1. The fourth-order valence-corrected chi connectivity index (χ4v) is 3.13. The first-order chi connectivity index (χ1) is 10.5. The third-order valence-electron chi connectivity index (χ3n) is 3.20. The van der Waals surface area contributed by atoms with E-state index in [2.05, 4.69) is 5.32 Å². The van der Waals surface area contributed by atoms with E-state index in [1.807, 2.05) is 0 Å². The maximum absolute atomic E-state index is 12.0. The molecule has 0 atom stereocenters. The molecule has 1 aromatic carbocycles. The highest BCUT2D eigenvalue weighted by molar-refractivity contribution is 8.13. The van der Waals surface area contributed by atoms with E-state index >= 15 is 0 Å². The van der Waals surface area contributed by atoms with Gasteiger partial charge in [-0.2, -0.15) is 0 Å². The Bertz CT molecular complexity index is 582. The van der Waals surface area contributed by atoms with Gasteiger partial charge in [0, 0.05) is 31.3 Å². The lowest BCUT2D eigenvalue weighted by Crippen LogP contribution is -2.27. The van der Waals surface area contributed by atoms with E-state index < -0.39 is 0 Å². The lowest BCUT2D eigenvalue weighted by Gasteiger charge is -2.15. The monoisotopic (exact) mass is 344 g/mol. The van der Waals surface area contributed by atoms with Crippen molar-refractivity contribution in [3.8, 4) is 11.5 Å². The van der Waals surface area contributed by atoms with Crippen LogP contribution in [0.4, 0.5) is 10.5 Å². The van der Waals surface area contributed by atoms with E-state index in [4.69, 9.17) is 21.1 Å². The molecule has 0 saturated carbocycles. The van der Waals surface area contributed by atoms with E-state index in [1.54, 1.807) is 17.0 Å². The maximum atomic E-state index is 12.0. The van der Waals surface area contributed by atoms with Gasteiger partial charge in [-0.25, -0.2) is 0 Å². The van der Waals surface area contributed by atoms with Crippen molar-refractivity contribution in [1.29, 1.82) is 0 Å². The van der Waals surface area contributed by atoms with Crippen LogP contribution in [0.1, 0.15) is 6.42 Å². The van der Waals surface area contributed by atoms with Crippen molar-refractivity contribution in [3.63, 3.8) is 0 Å². The van der Waals surface area contributed by atoms with Crippen LogP contribution in [-0.4, -0.2) is 49.1 Å². The molecule has 6 nitrogen and oxygen atoms in total. The summed E-state index contributed by atoms with van der Waals surface area (Å²) < 4.78 is 10.3. The van der Waals surface area contributed by atoms with Gasteiger partial charge >= 0.3 is 0 Å². The van der Waals surface area contributed by atoms with Crippen molar-refractivity contribution in [3.05, 3.63) is 17.2 Å². The Balaban J connectivity index is 1.98. The molecular weight excluding hydrogens is 328 g/mol. The Labute approximate surface area is 138 Å². The number of thioether (sulfide) groups is 1. The molecule has 1 heterocycles. The molecule has 1 aliphatic heterocycles. The second kappa shape index (κ2) is 7.60. The maximum Gasteiger partial charge on any atom is 0.281 e. The normalized spacial score (nSPS) is 14.1. The number of nitrogens with one attached hydrogen (secondary N) is 1. The van der Waals surface area contributed by atoms with Crippen LogP contribution in [0, 0.1) is 0 Å². The summed E-state index contributed by atoms with van der Waals surface area (Å²) >= 11 is 7.33. The lowest BCUT2D eigenvalue weighted by atomic mass is 10.2. The van der Waals surface area contributed by atoms with Crippen molar-refractivity contribution >= 4 is 40.2 Å². The molecule has 8 heteroatoms. The number of hydrogen-bond acceptors (Lipinski definition) is 5. The minimum absolute atomic E-state index is 0.0258. The minimum atomic E-state index is -0.204. The molecule has 2 amide bonds. The van der Waals surface area contributed by atoms with Crippen LogP contribution in [0.2, 0.25) is 5.02 Å². The highest BCUT2D eigenvalue weighted by atomic mass is 35.5. The van der Waals surface area contributed by atoms with Crippen LogP contribution < -0.4 is 14.8 Å². The van der Waals surface area contributed by atoms with Gasteiger partial charge in [0.05, 0.1) is 24.9 Å². The summed E-state index contributed by atoms with van der Waals surface area (Å²) in [6.45, 7) is 1.10. The molecule has 0 aromatic heterocycles. The first-order valence-electron chi connectivity index (χ1n) is 6.68. The van der Waals surface area contributed by atoms with Gasteiger partial charge in [-0.15, -0.1) is 0 Å². The van der Waals surface area contributed by atoms with E-state index in [0.717, 1.165) is 5.75 Å². The fraction of sp³-hybridized carbons (Fsp3) is 0.429. The van der Waals surface area contributed by atoms with Crippen LogP contribution >= 0.6 is 23.4 Å². The van der Waals surface area contributed by atoms with Crippen molar-refractivity contribution in [1.82, 2.24) is 4.90 Å². The number of amides is 2. The van der Waals surface area contributed by atoms with Gasteiger partial charge in [-0.1, -0.05) is 23.4 Å². The number of rotatable bonds is 6. The number of methoxy groups -OCH3 is 2. The average molecular weight is 345 g/mol. The van der Waals surface area contributed by atoms with Gasteiger partial charge in [0.2, 0.25) is 5.91 Å². The van der Waals surface area contributed by atoms with Crippen LogP contribution in [0.3, 0.4) is 0 Å². The zero-order valence-electron chi connectivity index (χ0n) is 12.3. The molecule has 1 aromatic rings. The van der Waals surface area contributed by atoms with Crippen molar-refractivity contribution < 1.29 is 19.1 Å². The Morgan fingerprint density at radius 2 is 2.09 bits per heavy atom. The van der Waals surface area contributed by atoms with Gasteiger partial charge in [-0.05, 0) is 6.07 Å². The number of benzene rings is 1. The van der Waals surface area contributed by atoms with Gasteiger partial charge in [0.15, 0.2) is 0 Å². The highest BCUT2D eigenvalue weighted by Crippen LogP contribution is 2.35. The largest absolute Gasteiger partial charge is 0.495 e. The lowest BCUT2D eigenvalue weighted by molar-refractivity contribution is -0.116. The molecule has 0 unspecified atom stereocenters. The number of nitrogens with zero attached hydrogens (tertiary/aromatic N) is 1. The number of carbonyl (C=O) groups excluding carboxylic acids is 2. The van der Waals surface area contributed by atoms with E-state index in [1.165, 1.54) is 26.0 Å². The number of halogens is 1. The standard InChI is InChI=1S/C14H17ClN2O4S/c1-20-11-8-12(21-2)10(7-9(11)15)16-13(18)3-4-17-5-6-22-14(17)19/h7-8H,3-6H2,1-2H3,(H,16,18). The van der Waals surface area contributed by atoms with Crippen LogP contribution in [-0.2, 0) is 4.79 Å². The molecule has 1 aliphatic rings. The molecule has 22 heavy (non-hydrogen) atoms. The summed E-state index contributed by atoms with van der Waals surface area (Å²) in [5, 5.41) is 3.15. The van der Waals surface area contributed by atoms with Crippen molar-refractivity contribution in [2.75, 3.05) is 38.4 Å². The van der Waals surface area contributed by atoms with Crippen LogP contribution in [0.25, 0.3) is 0 Å². The first kappa shape index (κ1) is 16.8. The molecule has 1 N–H and O–H groups in total. The Hall–Kier alpha value is -1.60. The summed E-state index contributed by atoms with van der Waals surface area (Å²) in [6.07, 6.45) is 0.221. The van der Waals surface area contributed by atoms with Crippen LogP contribution in [0.15, 0.2) is 12.1 Å². The number of anilines is 1. The van der Waals surface area contributed by atoms with E-state index in [0.29, 0.717) is 35.3 Å². The minimum Gasteiger partial charge on any atom is -0.495 e. The van der Waals surface area contributed by atoms with Crippen LogP contribution in [0.5, 0.6) is 11.5 Å². The zero-order chi connectivity index (χ0) is 16.1. The average Bonchev–Trinajstić information content (AvgIpc) is 2.91. The summed E-state index contributed by atoms with van der Waals surface area (Å²) in [4.78, 5) is 25.2. The van der Waals surface area contributed by atoms with Crippen molar-refractivity contribution in [2.24, 2.45) is 0 Å². The topological polar surface area (TPSA) is 67.9 Å².